The van der Waals surface area contributed by atoms with Gasteiger partial charge in [0.15, 0.2) is 0 Å². The van der Waals surface area contributed by atoms with E-state index >= 15 is 0 Å². The Morgan fingerprint density at radius 2 is 1.86 bits per heavy atom. The Balaban J connectivity index is 2.03. The lowest BCUT2D eigenvalue weighted by Gasteiger charge is -2.09. The second kappa shape index (κ2) is 9.01. The van der Waals surface area contributed by atoms with Gasteiger partial charge in [0.25, 0.3) is 0 Å². The third kappa shape index (κ3) is 6.88. The smallest absolute Gasteiger partial charge is 0.354 e. The van der Waals surface area contributed by atoms with Gasteiger partial charge in [0, 0.05) is 18.8 Å². The van der Waals surface area contributed by atoms with E-state index in [4.69, 9.17) is 0 Å². The molecule has 28 heavy (non-hydrogen) atoms. The Kier molecular flexibility index (Phi) is 7.18. The summed E-state index contributed by atoms with van der Waals surface area (Å²) in [6, 6.07) is 5.76. The van der Waals surface area contributed by atoms with Crippen LogP contribution in [0.3, 0.4) is 0 Å². The van der Waals surface area contributed by atoms with Gasteiger partial charge in [0.2, 0.25) is 15.9 Å². The molecule has 0 saturated carbocycles. The summed E-state index contributed by atoms with van der Waals surface area (Å²) >= 11 is 1.31. The standard InChI is InChI=1S/C17H20F3N3O3S2/c1-11(2)23-15(24)9-16-21-10-14(27-16)12-3-5-13(6-4-12)28(25,26)22-8-7-17(18,19)20/h3-6,10-11,22H,7-9H2,1-2H3,(H,23,24). The van der Waals surface area contributed by atoms with E-state index in [1.807, 2.05) is 18.6 Å². The van der Waals surface area contributed by atoms with Crippen molar-refractivity contribution in [2.75, 3.05) is 6.54 Å². The highest BCUT2D eigenvalue weighted by atomic mass is 32.2. The first kappa shape index (κ1) is 22.3. The van der Waals surface area contributed by atoms with E-state index < -0.39 is 29.2 Å². The van der Waals surface area contributed by atoms with Crippen LogP contribution in [0.4, 0.5) is 13.2 Å². The molecule has 0 aliphatic heterocycles. The highest BCUT2D eigenvalue weighted by Gasteiger charge is 2.27. The van der Waals surface area contributed by atoms with Crippen LogP contribution in [0.2, 0.25) is 0 Å². The number of amides is 1. The molecule has 2 aromatic rings. The van der Waals surface area contributed by atoms with Gasteiger partial charge in [-0.1, -0.05) is 12.1 Å². The third-order valence-electron chi connectivity index (χ3n) is 3.46. The lowest BCUT2D eigenvalue weighted by atomic mass is 10.2. The summed E-state index contributed by atoms with van der Waals surface area (Å²) in [7, 11) is -4.02. The molecule has 1 amide bonds. The number of rotatable bonds is 8. The number of carbonyl (C=O) groups is 1. The van der Waals surface area contributed by atoms with Crippen molar-refractivity contribution in [3.8, 4) is 10.4 Å². The summed E-state index contributed by atoms with van der Waals surface area (Å²) in [6.45, 7) is 3.00. The van der Waals surface area contributed by atoms with Gasteiger partial charge < -0.3 is 5.32 Å². The summed E-state index contributed by atoms with van der Waals surface area (Å²) in [5, 5.41) is 3.40. The molecule has 2 rings (SSSR count). The molecular formula is C17H20F3N3O3S2. The SMILES string of the molecule is CC(C)NC(=O)Cc1ncc(-c2ccc(S(=O)(=O)NCCC(F)(F)F)cc2)s1. The molecule has 0 aliphatic carbocycles. The number of nitrogens with one attached hydrogen (secondary N) is 2. The maximum Gasteiger partial charge on any atom is 0.390 e. The molecule has 6 nitrogen and oxygen atoms in total. The predicted octanol–water partition coefficient (Wildman–Crippen LogP) is 3.11. The van der Waals surface area contributed by atoms with Crippen LogP contribution in [0, 0.1) is 0 Å². The van der Waals surface area contributed by atoms with Gasteiger partial charge in [-0.25, -0.2) is 18.1 Å². The number of nitrogens with zero attached hydrogens (tertiary/aromatic N) is 1. The van der Waals surface area contributed by atoms with Gasteiger partial charge in [-0.05, 0) is 31.5 Å². The van der Waals surface area contributed by atoms with Gasteiger partial charge in [-0.2, -0.15) is 13.2 Å². The van der Waals surface area contributed by atoms with Crippen molar-refractivity contribution in [2.24, 2.45) is 0 Å². The number of hydrogen-bond acceptors (Lipinski definition) is 5. The molecule has 0 atom stereocenters. The van der Waals surface area contributed by atoms with E-state index in [0.29, 0.717) is 10.6 Å². The van der Waals surface area contributed by atoms with Crippen LogP contribution in [0.25, 0.3) is 10.4 Å². The monoisotopic (exact) mass is 435 g/mol. The number of alkyl halides is 3. The molecule has 1 heterocycles. The zero-order valence-electron chi connectivity index (χ0n) is 15.2. The Morgan fingerprint density at radius 1 is 1.21 bits per heavy atom. The van der Waals surface area contributed by atoms with Crippen LogP contribution in [0.5, 0.6) is 0 Å². The molecule has 0 radical (unpaired) electrons. The number of halogens is 3. The molecule has 0 bridgehead atoms. The quantitative estimate of drug-likeness (QED) is 0.667. The van der Waals surface area contributed by atoms with Crippen molar-refractivity contribution in [3.63, 3.8) is 0 Å². The summed E-state index contributed by atoms with van der Waals surface area (Å²) in [5.41, 5.74) is 0.697. The van der Waals surface area contributed by atoms with Gasteiger partial charge in [-0.15, -0.1) is 11.3 Å². The minimum Gasteiger partial charge on any atom is -0.354 e. The van der Waals surface area contributed by atoms with Crippen LogP contribution in [0.15, 0.2) is 35.4 Å². The van der Waals surface area contributed by atoms with Crippen molar-refractivity contribution in [1.82, 2.24) is 15.0 Å². The summed E-state index contributed by atoms with van der Waals surface area (Å²) < 4.78 is 62.5. The molecule has 0 spiro atoms. The van der Waals surface area contributed by atoms with E-state index in [1.54, 1.807) is 18.3 Å². The van der Waals surface area contributed by atoms with Crippen LogP contribution in [0.1, 0.15) is 25.3 Å². The van der Waals surface area contributed by atoms with Crippen molar-refractivity contribution in [2.45, 2.75) is 43.8 Å². The molecule has 0 fully saturated rings. The third-order valence-corrected chi connectivity index (χ3v) is 5.99. The number of hydrogen-bond donors (Lipinski definition) is 2. The van der Waals surface area contributed by atoms with E-state index in [1.165, 1.54) is 23.5 Å². The topological polar surface area (TPSA) is 88.2 Å². The average molecular weight is 435 g/mol. The Labute approximate surface area is 165 Å². The first-order valence-electron chi connectivity index (χ1n) is 8.37. The van der Waals surface area contributed by atoms with Crippen molar-refractivity contribution in [3.05, 3.63) is 35.5 Å². The van der Waals surface area contributed by atoms with Crippen LogP contribution in [-0.2, 0) is 21.2 Å². The first-order valence-corrected chi connectivity index (χ1v) is 10.7. The van der Waals surface area contributed by atoms with Crippen LogP contribution < -0.4 is 10.0 Å². The normalized spacial score (nSPS) is 12.4. The Morgan fingerprint density at radius 3 is 2.43 bits per heavy atom. The number of thiazole rings is 1. The maximum absolute atomic E-state index is 12.2. The lowest BCUT2D eigenvalue weighted by Crippen LogP contribution is -2.31. The van der Waals surface area contributed by atoms with E-state index in [0.717, 1.165) is 4.88 Å². The van der Waals surface area contributed by atoms with Gasteiger partial charge in [-0.3, -0.25) is 4.79 Å². The minimum absolute atomic E-state index is 0.0335. The van der Waals surface area contributed by atoms with Gasteiger partial charge >= 0.3 is 6.18 Å². The first-order chi connectivity index (χ1) is 13.0. The largest absolute Gasteiger partial charge is 0.390 e. The molecule has 154 valence electrons. The summed E-state index contributed by atoms with van der Waals surface area (Å²) in [5.74, 6) is -0.137. The predicted molar refractivity (Wildman–Crippen MR) is 100 cm³/mol. The number of aromatic nitrogens is 1. The second-order valence-corrected chi connectivity index (χ2v) is 9.19. The van der Waals surface area contributed by atoms with E-state index in [-0.39, 0.29) is 23.3 Å². The summed E-state index contributed by atoms with van der Waals surface area (Å²) in [4.78, 5) is 16.6. The second-order valence-electron chi connectivity index (χ2n) is 6.30. The maximum atomic E-state index is 12.2. The molecule has 1 aromatic carbocycles. The molecular weight excluding hydrogens is 415 g/mol. The number of benzene rings is 1. The fraction of sp³-hybridized carbons (Fsp3) is 0.412. The lowest BCUT2D eigenvalue weighted by molar-refractivity contribution is -0.132. The highest BCUT2D eigenvalue weighted by Crippen LogP contribution is 2.27. The fourth-order valence-electron chi connectivity index (χ4n) is 2.24. The van der Waals surface area contributed by atoms with Crippen molar-refractivity contribution < 1.29 is 26.4 Å². The average Bonchev–Trinajstić information content (AvgIpc) is 3.01. The van der Waals surface area contributed by atoms with E-state index in [2.05, 4.69) is 10.3 Å². The number of sulfonamides is 1. The van der Waals surface area contributed by atoms with Gasteiger partial charge in [0.05, 0.1) is 22.6 Å². The Hall–Kier alpha value is -1.98. The minimum atomic E-state index is -4.43. The van der Waals surface area contributed by atoms with Crippen LogP contribution in [-0.4, -0.2) is 38.1 Å². The molecule has 2 N–H and O–H groups in total. The summed E-state index contributed by atoms with van der Waals surface area (Å²) in [6.07, 6.45) is -3.92. The zero-order chi connectivity index (χ0) is 20.9. The molecule has 0 aliphatic rings. The van der Waals surface area contributed by atoms with Crippen molar-refractivity contribution >= 4 is 27.3 Å². The van der Waals surface area contributed by atoms with Crippen molar-refractivity contribution in [1.29, 1.82) is 0 Å². The van der Waals surface area contributed by atoms with Crippen LogP contribution >= 0.6 is 11.3 Å². The number of carbonyl (C=O) groups excluding carboxylic acids is 1. The fourth-order valence-corrected chi connectivity index (χ4v) is 4.20. The molecule has 11 heteroatoms. The van der Waals surface area contributed by atoms with Gasteiger partial charge in [0.1, 0.15) is 5.01 Å². The molecule has 0 unspecified atom stereocenters. The molecule has 1 aromatic heterocycles. The molecule has 0 saturated heterocycles. The van der Waals surface area contributed by atoms with E-state index in [9.17, 15) is 26.4 Å². The highest BCUT2D eigenvalue weighted by molar-refractivity contribution is 7.89. The Bertz CT molecular complexity index is 908. The zero-order valence-corrected chi connectivity index (χ0v) is 16.8.